The molecule has 2 heterocycles. The van der Waals surface area contributed by atoms with Gasteiger partial charge in [0, 0.05) is 31.9 Å². The van der Waals surface area contributed by atoms with Crippen molar-refractivity contribution in [3.63, 3.8) is 0 Å². The Bertz CT molecular complexity index is 1100. The van der Waals surface area contributed by atoms with Gasteiger partial charge in [-0.05, 0) is 57.4 Å². The summed E-state index contributed by atoms with van der Waals surface area (Å²) < 4.78 is 44.0. The number of hydrogen-bond donors (Lipinski definition) is 0. The van der Waals surface area contributed by atoms with Crippen LogP contribution in [-0.2, 0) is 25.7 Å². The van der Waals surface area contributed by atoms with E-state index in [1.807, 2.05) is 68.0 Å². The number of halogens is 3. The number of aryl methyl sites for hydroxylation is 3. The number of anilines is 2. The summed E-state index contributed by atoms with van der Waals surface area (Å²) in [5, 5.41) is 0. The summed E-state index contributed by atoms with van der Waals surface area (Å²) in [5.74, 6) is 0.398. The number of hydrogen-bond acceptors (Lipinski definition) is 3. The Morgan fingerprint density at radius 1 is 1.00 bits per heavy atom. The maximum Gasteiger partial charge on any atom is 0.435 e. The van der Waals surface area contributed by atoms with Gasteiger partial charge in [-0.3, -0.25) is 0 Å². The van der Waals surface area contributed by atoms with Crippen LogP contribution in [0.15, 0.2) is 42.5 Å². The van der Waals surface area contributed by atoms with Gasteiger partial charge in [0.05, 0.1) is 5.69 Å². The van der Waals surface area contributed by atoms with E-state index in [4.69, 9.17) is 0 Å². The SMILES string of the molecule is Cc1cc(C)c(N2CCCn3c2nc(C(F)(F)F)c3CN(C)CCc2ccccc2)c(C)c1. The van der Waals surface area contributed by atoms with Crippen molar-refractivity contribution in [2.24, 2.45) is 0 Å². The zero-order chi connectivity index (χ0) is 23.8. The van der Waals surface area contributed by atoms with E-state index in [2.05, 4.69) is 17.1 Å². The van der Waals surface area contributed by atoms with Crippen molar-refractivity contribution in [1.82, 2.24) is 14.5 Å². The standard InChI is InChI=1S/C26H31F3N4/c1-18-15-19(2)23(20(3)16-18)33-13-8-12-32-22(24(26(27,28)29)30-25(32)33)17-31(4)14-11-21-9-6-5-7-10-21/h5-7,9-10,15-16H,8,11-14,17H2,1-4H3. The first-order valence-corrected chi connectivity index (χ1v) is 11.4. The van der Waals surface area contributed by atoms with Gasteiger partial charge in [0.1, 0.15) is 0 Å². The molecule has 2 aromatic carbocycles. The molecule has 0 saturated heterocycles. The minimum absolute atomic E-state index is 0.203. The van der Waals surface area contributed by atoms with Gasteiger partial charge in [0.2, 0.25) is 5.95 Å². The lowest BCUT2D eigenvalue weighted by Crippen LogP contribution is -2.31. The van der Waals surface area contributed by atoms with E-state index in [0.717, 1.165) is 35.2 Å². The molecule has 0 aliphatic carbocycles. The fourth-order valence-corrected chi connectivity index (χ4v) is 4.90. The van der Waals surface area contributed by atoms with Gasteiger partial charge in [0.25, 0.3) is 0 Å². The van der Waals surface area contributed by atoms with E-state index in [1.165, 1.54) is 5.56 Å². The molecule has 1 aliphatic rings. The topological polar surface area (TPSA) is 24.3 Å². The summed E-state index contributed by atoms with van der Waals surface area (Å²) in [4.78, 5) is 8.11. The zero-order valence-electron chi connectivity index (χ0n) is 19.7. The lowest BCUT2D eigenvalue weighted by atomic mass is 10.0. The van der Waals surface area contributed by atoms with Crippen molar-refractivity contribution in [2.75, 3.05) is 25.0 Å². The van der Waals surface area contributed by atoms with Crippen LogP contribution in [0.4, 0.5) is 24.8 Å². The molecule has 176 valence electrons. The molecule has 7 heteroatoms. The molecule has 0 saturated carbocycles. The lowest BCUT2D eigenvalue weighted by molar-refractivity contribution is -0.141. The van der Waals surface area contributed by atoms with Gasteiger partial charge in [-0.2, -0.15) is 13.2 Å². The van der Waals surface area contributed by atoms with E-state index in [1.54, 1.807) is 4.57 Å². The Kier molecular flexibility index (Phi) is 6.52. The Balaban J connectivity index is 1.67. The third-order valence-electron chi connectivity index (χ3n) is 6.28. The molecule has 0 atom stereocenters. The highest BCUT2D eigenvalue weighted by Crippen LogP contribution is 2.40. The molecule has 0 unspecified atom stereocenters. The number of benzene rings is 2. The Morgan fingerprint density at radius 3 is 2.30 bits per heavy atom. The molecule has 0 bridgehead atoms. The van der Waals surface area contributed by atoms with Crippen molar-refractivity contribution < 1.29 is 13.2 Å². The highest BCUT2D eigenvalue weighted by molar-refractivity contribution is 5.68. The predicted octanol–water partition coefficient (Wildman–Crippen LogP) is 6.04. The number of alkyl halides is 3. The molecule has 0 N–H and O–H groups in total. The van der Waals surface area contributed by atoms with E-state index in [-0.39, 0.29) is 12.2 Å². The van der Waals surface area contributed by atoms with E-state index in [0.29, 0.717) is 25.6 Å². The molecule has 0 radical (unpaired) electrons. The van der Waals surface area contributed by atoms with Gasteiger partial charge >= 0.3 is 6.18 Å². The second kappa shape index (κ2) is 9.21. The van der Waals surface area contributed by atoms with Crippen LogP contribution >= 0.6 is 0 Å². The van der Waals surface area contributed by atoms with Crippen LogP contribution in [0.5, 0.6) is 0 Å². The van der Waals surface area contributed by atoms with Gasteiger partial charge in [-0.25, -0.2) is 4.98 Å². The van der Waals surface area contributed by atoms with Crippen LogP contribution in [0.3, 0.4) is 0 Å². The fraction of sp³-hybridized carbons (Fsp3) is 0.423. The van der Waals surface area contributed by atoms with Crippen molar-refractivity contribution >= 4 is 11.6 Å². The summed E-state index contributed by atoms with van der Waals surface area (Å²) in [5.41, 5.74) is 4.87. The lowest BCUT2D eigenvalue weighted by Gasteiger charge is -2.32. The van der Waals surface area contributed by atoms with Crippen molar-refractivity contribution in [3.05, 3.63) is 76.1 Å². The predicted molar refractivity (Wildman–Crippen MR) is 126 cm³/mol. The molecular formula is C26H31F3N4. The number of nitrogens with zero attached hydrogens (tertiary/aromatic N) is 4. The minimum atomic E-state index is -4.50. The van der Waals surface area contributed by atoms with Crippen molar-refractivity contribution in [3.8, 4) is 0 Å². The highest BCUT2D eigenvalue weighted by Gasteiger charge is 2.41. The van der Waals surface area contributed by atoms with Crippen LogP contribution < -0.4 is 4.90 Å². The first-order valence-electron chi connectivity index (χ1n) is 11.4. The molecule has 0 spiro atoms. The third-order valence-corrected chi connectivity index (χ3v) is 6.28. The van der Waals surface area contributed by atoms with Crippen molar-refractivity contribution in [2.45, 2.75) is 52.9 Å². The highest BCUT2D eigenvalue weighted by atomic mass is 19.4. The monoisotopic (exact) mass is 456 g/mol. The van der Waals surface area contributed by atoms with E-state index in [9.17, 15) is 13.2 Å². The average molecular weight is 457 g/mol. The number of aromatic nitrogens is 2. The van der Waals surface area contributed by atoms with Gasteiger partial charge < -0.3 is 14.4 Å². The maximum atomic E-state index is 14.1. The largest absolute Gasteiger partial charge is 0.435 e. The smallest absolute Gasteiger partial charge is 0.312 e. The van der Waals surface area contributed by atoms with Gasteiger partial charge in [-0.15, -0.1) is 0 Å². The normalized spacial score (nSPS) is 14.1. The molecule has 4 nitrogen and oxygen atoms in total. The number of imidazole rings is 1. The van der Waals surface area contributed by atoms with Crippen LogP contribution in [0.25, 0.3) is 0 Å². The summed E-state index contributed by atoms with van der Waals surface area (Å²) in [7, 11) is 1.87. The second-order valence-corrected chi connectivity index (χ2v) is 9.08. The summed E-state index contributed by atoms with van der Waals surface area (Å²) in [6, 6.07) is 14.2. The number of rotatable bonds is 6. The van der Waals surface area contributed by atoms with Gasteiger partial charge in [0.15, 0.2) is 5.69 Å². The molecule has 1 aromatic heterocycles. The molecule has 33 heavy (non-hydrogen) atoms. The second-order valence-electron chi connectivity index (χ2n) is 9.08. The quantitative estimate of drug-likeness (QED) is 0.452. The molecular weight excluding hydrogens is 425 g/mol. The van der Waals surface area contributed by atoms with Crippen LogP contribution in [0.1, 0.15) is 40.1 Å². The molecule has 4 rings (SSSR count). The maximum absolute atomic E-state index is 14.1. The Hall–Kier alpha value is -2.80. The first-order chi connectivity index (χ1) is 15.6. The minimum Gasteiger partial charge on any atom is -0.312 e. The van der Waals surface area contributed by atoms with Crippen LogP contribution in [0, 0.1) is 20.8 Å². The first kappa shape index (κ1) is 23.4. The Morgan fingerprint density at radius 2 is 1.67 bits per heavy atom. The summed E-state index contributed by atoms with van der Waals surface area (Å²) in [6.07, 6.45) is -2.94. The summed E-state index contributed by atoms with van der Waals surface area (Å²) in [6.45, 7) is 8.13. The van der Waals surface area contributed by atoms with E-state index >= 15 is 0 Å². The Labute approximate surface area is 193 Å². The third kappa shape index (κ3) is 4.93. The number of likely N-dealkylation sites (N-methyl/N-ethyl adjacent to an activating group) is 1. The fourth-order valence-electron chi connectivity index (χ4n) is 4.90. The van der Waals surface area contributed by atoms with Gasteiger partial charge in [-0.1, -0.05) is 48.0 Å². The molecule has 1 aliphatic heterocycles. The average Bonchev–Trinajstić information content (AvgIpc) is 3.12. The number of fused-ring (bicyclic) bond motifs is 1. The van der Waals surface area contributed by atoms with Crippen molar-refractivity contribution in [1.29, 1.82) is 0 Å². The molecule has 0 amide bonds. The van der Waals surface area contributed by atoms with Crippen LogP contribution in [-0.4, -0.2) is 34.6 Å². The van der Waals surface area contributed by atoms with E-state index < -0.39 is 11.9 Å². The zero-order valence-corrected chi connectivity index (χ0v) is 19.7. The molecule has 3 aromatic rings. The van der Waals surface area contributed by atoms with Crippen LogP contribution in [0.2, 0.25) is 0 Å². The molecule has 0 fully saturated rings. The summed E-state index contributed by atoms with van der Waals surface area (Å²) >= 11 is 0.